The van der Waals surface area contributed by atoms with Crippen LogP contribution in [-0.2, 0) is 9.53 Å². The second-order valence-corrected chi connectivity index (χ2v) is 7.08. The summed E-state index contributed by atoms with van der Waals surface area (Å²) in [6, 6.07) is 12.8. The highest BCUT2D eigenvalue weighted by Crippen LogP contribution is 2.26. The zero-order valence-corrected chi connectivity index (χ0v) is 16.1. The van der Waals surface area contributed by atoms with E-state index in [4.69, 9.17) is 14.2 Å². The Labute approximate surface area is 157 Å². The highest BCUT2D eigenvalue weighted by Gasteiger charge is 2.20. The fraction of sp³-hybridized carbons (Fsp3) is 0.300. The molecule has 5 nitrogen and oxygen atoms in total. The van der Waals surface area contributed by atoms with E-state index in [1.807, 2.05) is 31.2 Å². The number of esters is 1. The highest BCUT2D eigenvalue weighted by atomic mass is 32.2. The maximum atomic E-state index is 12.4. The summed E-state index contributed by atoms with van der Waals surface area (Å²) in [5, 5.41) is -0.419. The highest BCUT2D eigenvalue weighted by molar-refractivity contribution is 8.00. The summed E-state index contributed by atoms with van der Waals surface area (Å²) in [6.07, 6.45) is 0. The first-order valence-electron chi connectivity index (χ1n) is 8.09. The van der Waals surface area contributed by atoms with Gasteiger partial charge in [-0.2, -0.15) is 0 Å². The number of ether oxygens (including phenoxy) is 3. The van der Waals surface area contributed by atoms with E-state index in [0.29, 0.717) is 17.1 Å². The molecule has 6 heteroatoms. The molecule has 0 amide bonds. The molecule has 2 aromatic rings. The standard InChI is InChI=1S/C20H22O5S/c1-13-5-8-16(9-6-13)26-14(2)20(22)25-12-18(21)17-11-15(23-3)7-10-19(17)24-4/h5-11,14H,12H2,1-4H3/t14-/m1/s1. The lowest BCUT2D eigenvalue weighted by Gasteiger charge is -2.12. The number of Topliss-reactive ketones (excluding diaryl/α,β-unsaturated/α-hetero) is 1. The van der Waals surface area contributed by atoms with Crippen molar-refractivity contribution in [1.82, 2.24) is 0 Å². The lowest BCUT2D eigenvalue weighted by Crippen LogP contribution is -2.21. The van der Waals surface area contributed by atoms with Crippen molar-refractivity contribution in [1.29, 1.82) is 0 Å². The third-order valence-corrected chi connectivity index (χ3v) is 4.81. The van der Waals surface area contributed by atoms with Gasteiger partial charge in [0.1, 0.15) is 16.7 Å². The number of benzene rings is 2. The molecular formula is C20H22O5S. The Morgan fingerprint density at radius 1 is 1.04 bits per heavy atom. The predicted octanol–water partition coefficient (Wildman–Crippen LogP) is 3.92. The summed E-state index contributed by atoms with van der Waals surface area (Å²) in [7, 11) is 2.99. The summed E-state index contributed by atoms with van der Waals surface area (Å²) in [5.41, 5.74) is 1.47. The first kappa shape index (κ1) is 19.8. The molecule has 0 heterocycles. The molecule has 0 aliphatic carbocycles. The van der Waals surface area contributed by atoms with Crippen LogP contribution in [-0.4, -0.2) is 37.8 Å². The van der Waals surface area contributed by atoms with Gasteiger partial charge < -0.3 is 14.2 Å². The van der Waals surface area contributed by atoms with Crippen molar-refractivity contribution in [3.05, 3.63) is 53.6 Å². The Morgan fingerprint density at radius 2 is 1.73 bits per heavy atom. The number of aryl methyl sites for hydroxylation is 1. The average molecular weight is 374 g/mol. The number of ketones is 1. The van der Waals surface area contributed by atoms with Crippen LogP contribution in [0.4, 0.5) is 0 Å². The summed E-state index contributed by atoms with van der Waals surface area (Å²) in [4.78, 5) is 25.5. The minimum Gasteiger partial charge on any atom is -0.497 e. The molecule has 26 heavy (non-hydrogen) atoms. The second-order valence-electron chi connectivity index (χ2n) is 5.67. The van der Waals surface area contributed by atoms with Gasteiger partial charge in [-0.25, -0.2) is 0 Å². The third-order valence-electron chi connectivity index (χ3n) is 3.72. The third kappa shape index (κ3) is 5.26. The fourth-order valence-corrected chi connectivity index (χ4v) is 3.10. The minimum atomic E-state index is -0.439. The van der Waals surface area contributed by atoms with E-state index in [1.165, 1.54) is 26.0 Å². The molecule has 0 aromatic heterocycles. The molecular weight excluding hydrogens is 352 g/mol. The molecule has 0 bridgehead atoms. The van der Waals surface area contributed by atoms with Crippen LogP contribution in [0.1, 0.15) is 22.8 Å². The molecule has 0 saturated carbocycles. The molecule has 0 spiro atoms. The van der Waals surface area contributed by atoms with Crippen LogP contribution in [0, 0.1) is 6.92 Å². The smallest absolute Gasteiger partial charge is 0.319 e. The normalized spacial score (nSPS) is 11.5. The van der Waals surface area contributed by atoms with E-state index in [9.17, 15) is 9.59 Å². The van der Waals surface area contributed by atoms with E-state index in [0.717, 1.165) is 10.5 Å². The number of methoxy groups -OCH3 is 2. The van der Waals surface area contributed by atoms with Crippen LogP contribution in [0.3, 0.4) is 0 Å². The Morgan fingerprint density at radius 3 is 2.35 bits per heavy atom. The summed E-state index contributed by atoms with van der Waals surface area (Å²) < 4.78 is 15.5. The summed E-state index contributed by atoms with van der Waals surface area (Å²) in [6.45, 7) is 3.41. The fourth-order valence-electron chi connectivity index (χ4n) is 2.23. The van der Waals surface area contributed by atoms with Gasteiger partial charge in [-0.1, -0.05) is 17.7 Å². The Kier molecular flexibility index (Phi) is 7.09. The number of hydrogen-bond donors (Lipinski definition) is 0. The zero-order chi connectivity index (χ0) is 19.1. The molecule has 0 N–H and O–H groups in total. The van der Waals surface area contributed by atoms with E-state index in [1.54, 1.807) is 25.1 Å². The molecule has 2 aromatic carbocycles. The van der Waals surface area contributed by atoms with Crippen LogP contribution in [0.2, 0.25) is 0 Å². The Bertz CT molecular complexity index is 770. The van der Waals surface area contributed by atoms with Crippen molar-refractivity contribution >= 4 is 23.5 Å². The lowest BCUT2D eigenvalue weighted by atomic mass is 10.1. The van der Waals surface area contributed by atoms with Crippen LogP contribution < -0.4 is 9.47 Å². The maximum absolute atomic E-state index is 12.4. The number of hydrogen-bond acceptors (Lipinski definition) is 6. The van der Waals surface area contributed by atoms with Gasteiger partial charge in [0.05, 0.1) is 19.8 Å². The minimum absolute atomic E-state index is 0.318. The van der Waals surface area contributed by atoms with Crippen LogP contribution in [0.25, 0.3) is 0 Å². The number of rotatable bonds is 8. The molecule has 0 saturated heterocycles. The van der Waals surface area contributed by atoms with E-state index < -0.39 is 11.2 Å². The van der Waals surface area contributed by atoms with Crippen LogP contribution >= 0.6 is 11.8 Å². The first-order chi connectivity index (χ1) is 12.4. The average Bonchev–Trinajstić information content (AvgIpc) is 2.66. The number of carbonyl (C=O) groups excluding carboxylic acids is 2. The van der Waals surface area contributed by atoms with Crippen LogP contribution in [0.15, 0.2) is 47.4 Å². The summed E-state index contributed by atoms with van der Waals surface area (Å²) in [5.74, 6) is 0.158. The summed E-state index contributed by atoms with van der Waals surface area (Å²) >= 11 is 1.39. The van der Waals surface area contributed by atoms with Crippen molar-refractivity contribution in [2.75, 3.05) is 20.8 Å². The lowest BCUT2D eigenvalue weighted by molar-refractivity contribution is -0.141. The molecule has 0 fully saturated rings. The monoisotopic (exact) mass is 374 g/mol. The first-order valence-corrected chi connectivity index (χ1v) is 8.97. The Hall–Kier alpha value is -2.47. The van der Waals surface area contributed by atoms with Crippen molar-refractivity contribution in [2.45, 2.75) is 24.0 Å². The number of thioether (sulfide) groups is 1. The zero-order valence-electron chi connectivity index (χ0n) is 15.3. The van der Waals surface area contributed by atoms with Crippen molar-refractivity contribution in [3.8, 4) is 11.5 Å². The van der Waals surface area contributed by atoms with Gasteiger partial charge in [0.2, 0.25) is 5.78 Å². The van der Waals surface area contributed by atoms with Crippen molar-refractivity contribution < 1.29 is 23.8 Å². The molecule has 0 aliphatic rings. The maximum Gasteiger partial charge on any atom is 0.319 e. The van der Waals surface area contributed by atoms with Gasteiger partial charge in [0.25, 0.3) is 0 Å². The van der Waals surface area contributed by atoms with Crippen molar-refractivity contribution in [2.24, 2.45) is 0 Å². The van der Waals surface area contributed by atoms with Gasteiger partial charge in [-0.15, -0.1) is 11.8 Å². The van der Waals surface area contributed by atoms with E-state index in [-0.39, 0.29) is 12.4 Å². The molecule has 1 atom stereocenters. The largest absolute Gasteiger partial charge is 0.497 e. The molecule has 138 valence electrons. The van der Waals surface area contributed by atoms with Gasteiger partial charge in [-0.05, 0) is 44.2 Å². The van der Waals surface area contributed by atoms with E-state index >= 15 is 0 Å². The molecule has 0 unspecified atom stereocenters. The predicted molar refractivity (Wildman–Crippen MR) is 101 cm³/mol. The molecule has 2 rings (SSSR count). The van der Waals surface area contributed by atoms with Crippen molar-refractivity contribution in [3.63, 3.8) is 0 Å². The van der Waals surface area contributed by atoms with Gasteiger partial charge in [0.15, 0.2) is 6.61 Å². The molecule has 0 radical (unpaired) electrons. The van der Waals surface area contributed by atoms with Gasteiger partial charge >= 0.3 is 5.97 Å². The topological polar surface area (TPSA) is 61.8 Å². The Balaban J connectivity index is 1.95. The second kappa shape index (κ2) is 9.29. The van der Waals surface area contributed by atoms with Gasteiger partial charge in [0, 0.05) is 4.90 Å². The van der Waals surface area contributed by atoms with E-state index in [2.05, 4.69) is 0 Å². The SMILES string of the molecule is COc1ccc(OC)c(C(=O)COC(=O)[C@@H](C)Sc2ccc(C)cc2)c1. The van der Waals surface area contributed by atoms with Crippen LogP contribution in [0.5, 0.6) is 11.5 Å². The van der Waals surface area contributed by atoms with Gasteiger partial charge in [-0.3, -0.25) is 9.59 Å². The quantitative estimate of drug-likeness (QED) is 0.396. The molecule has 0 aliphatic heterocycles. The number of carbonyl (C=O) groups is 2.